The van der Waals surface area contributed by atoms with Crippen LogP contribution in [0.4, 0.5) is 0 Å². The Balaban J connectivity index is 4.00. The van der Waals surface area contributed by atoms with Gasteiger partial charge in [0, 0.05) is 12.8 Å². The fraction of sp³-hybridized carbons (Fsp3) is 0.762. The maximum atomic E-state index is 12.3. The van der Waals surface area contributed by atoms with Crippen molar-refractivity contribution in [3.63, 3.8) is 0 Å². The summed E-state index contributed by atoms with van der Waals surface area (Å²) in [5.74, 6) is -1.05. The summed E-state index contributed by atoms with van der Waals surface area (Å²) in [4.78, 5) is 34.4. The van der Waals surface area contributed by atoms with E-state index < -0.39 is 58.4 Å². The van der Waals surface area contributed by atoms with Crippen LogP contribution in [0.1, 0.15) is 168 Å². The standard InChI is InChI=1S/C42H75O10P/c1-3-5-7-9-11-13-15-17-19-21-23-25-27-29-31-33-41(45)51-39(35-43)37-49-53(47,48)50-38-40(36-44)52-42(46)34-32-30-28-26-24-22-20-18-16-14-12-10-8-6-4-2/h11-14,17-20,39-40,43-44H,3-10,15-16,21-38H2,1-2H3,(H,47,48)/b13-11-,14-12-,19-17-,20-18-. The zero-order valence-electron chi connectivity index (χ0n) is 33.2. The second-order valence-corrected chi connectivity index (χ2v) is 15.1. The summed E-state index contributed by atoms with van der Waals surface area (Å²) in [7, 11) is -4.64. The molecule has 0 radical (unpaired) electrons. The van der Waals surface area contributed by atoms with Crippen molar-refractivity contribution < 1.29 is 47.8 Å². The number of carbonyl (C=O) groups is 2. The number of hydrogen-bond acceptors (Lipinski definition) is 9. The molecule has 308 valence electrons. The third-order valence-electron chi connectivity index (χ3n) is 8.51. The van der Waals surface area contributed by atoms with E-state index in [9.17, 15) is 29.3 Å². The van der Waals surface area contributed by atoms with Gasteiger partial charge in [-0.25, -0.2) is 4.57 Å². The van der Waals surface area contributed by atoms with Gasteiger partial charge in [-0.05, 0) is 77.0 Å². The highest BCUT2D eigenvalue weighted by Gasteiger charge is 2.27. The second-order valence-electron chi connectivity index (χ2n) is 13.6. The molecule has 0 saturated carbocycles. The molecule has 0 aromatic rings. The van der Waals surface area contributed by atoms with E-state index in [1.165, 1.54) is 38.5 Å². The summed E-state index contributed by atoms with van der Waals surface area (Å²) in [6, 6.07) is 0. The number of phosphoric acid groups is 1. The van der Waals surface area contributed by atoms with Crippen molar-refractivity contribution in [2.24, 2.45) is 0 Å². The summed E-state index contributed by atoms with van der Waals surface area (Å²) in [6.07, 6.45) is 39.3. The first-order valence-electron chi connectivity index (χ1n) is 20.6. The Morgan fingerprint density at radius 2 is 0.830 bits per heavy atom. The number of aliphatic hydroxyl groups is 2. The van der Waals surface area contributed by atoms with Crippen molar-refractivity contribution in [2.75, 3.05) is 26.4 Å². The molecule has 0 aromatic heterocycles. The third-order valence-corrected chi connectivity index (χ3v) is 9.46. The number of ether oxygens (including phenoxy) is 2. The summed E-state index contributed by atoms with van der Waals surface area (Å²) >= 11 is 0. The zero-order chi connectivity index (χ0) is 39.1. The van der Waals surface area contributed by atoms with E-state index in [-0.39, 0.29) is 12.8 Å². The first-order chi connectivity index (χ1) is 25.8. The van der Waals surface area contributed by atoms with E-state index in [1.807, 2.05) is 0 Å². The van der Waals surface area contributed by atoms with Crippen molar-refractivity contribution in [3.8, 4) is 0 Å². The Morgan fingerprint density at radius 1 is 0.509 bits per heavy atom. The highest BCUT2D eigenvalue weighted by molar-refractivity contribution is 7.47. The molecule has 0 aliphatic rings. The molecule has 0 aromatic carbocycles. The van der Waals surface area contributed by atoms with Gasteiger partial charge in [-0.2, -0.15) is 0 Å². The van der Waals surface area contributed by atoms with Gasteiger partial charge in [0.1, 0.15) is 12.2 Å². The van der Waals surface area contributed by atoms with E-state index in [1.54, 1.807) is 0 Å². The summed E-state index contributed by atoms with van der Waals surface area (Å²) in [6.45, 7) is 2.11. The topological polar surface area (TPSA) is 149 Å². The van der Waals surface area contributed by atoms with Crippen LogP contribution in [0.25, 0.3) is 0 Å². The van der Waals surface area contributed by atoms with E-state index >= 15 is 0 Å². The van der Waals surface area contributed by atoms with Gasteiger partial charge in [0.05, 0.1) is 26.4 Å². The normalized spacial score (nSPS) is 14.4. The summed E-state index contributed by atoms with van der Waals surface area (Å²) in [5.41, 5.74) is 0. The number of hydrogen-bond donors (Lipinski definition) is 3. The molecule has 0 rings (SSSR count). The quantitative estimate of drug-likeness (QED) is 0.0240. The maximum Gasteiger partial charge on any atom is 0.472 e. The number of unbranched alkanes of at least 4 members (excludes halogenated alkanes) is 16. The molecule has 0 spiro atoms. The first kappa shape index (κ1) is 50.9. The monoisotopic (exact) mass is 771 g/mol. The van der Waals surface area contributed by atoms with Crippen LogP contribution < -0.4 is 0 Å². The van der Waals surface area contributed by atoms with E-state index in [2.05, 4.69) is 62.5 Å². The molecule has 0 heterocycles. The second kappa shape index (κ2) is 38.2. The number of carbonyl (C=O) groups excluding carboxylic acids is 2. The average Bonchev–Trinajstić information content (AvgIpc) is 3.14. The highest BCUT2D eigenvalue weighted by Crippen LogP contribution is 2.43. The summed E-state index contributed by atoms with van der Waals surface area (Å²) < 4.78 is 32.5. The third kappa shape index (κ3) is 36.7. The van der Waals surface area contributed by atoms with E-state index in [4.69, 9.17) is 18.5 Å². The molecule has 3 N–H and O–H groups in total. The smallest absolute Gasteiger partial charge is 0.457 e. The lowest BCUT2D eigenvalue weighted by Gasteiger charge is -2.20. The predicted molar refractivity (Wildman–Crippen MR) is 214 cm³/mol. The van der Waals surface area contributed by atoms with Gasteiger partial charge in [0.25, 0.3) is 0 Å². The molecule has 0 aliphatic carbocycles. The maximum absolute atomic E-state index is 12.3. The molecule has 0 saturated heterocycles. The minimum Gasteiger partial charge on any atom is -0.457 e. The van der Waals surface area contributed by atoms with Crippen LogP contribution in [0.5, 0.6) is 0 Å². The van der Waals surface area contributed by atoms with Crippen LogP contribution >= 0.6 is 7.82 Å². The van der Waals surface area contributed by atoms with Gasteiger partial charge >= 0.3 is 19.8 Å². The lowest BCUT2D eigenvalue weighted by Crippen LogP contribution is -2.28. The van der Waals surface area contributed by atoms with Crippen LogP contribution in [0.2, 0.25) is 0 Å². The highest BCUT2D eigenvalue weighted by atomic mass is 31.2. The van der Waals surface area contributed by atoms with Crippen molar-refractivity contribution in [1.82, 2.24) is 0 Å². The van der Waals surface area contributed by atoms with Crippen LogP contribution in [-0.2, 0) is 32.7 Å². The Bertz CT molecular complexity index is 949. The first-order valence-corrected chi connectivity index (χ1v) is 22.1. The molecule has 11 heteroatoms. The van der Waals surface area contributed by atoms with Gasteiger partial charge in [0.15, 0.2) is 0 Å². The van der Waals surface area contributed by atoms with Crippen LogP contribution in [0, 0.1) is 0 Å². The Kier molecular flexibility index (Phi) is 36.7. The molecule has 10 nitrogen and oxygen atoms in total. The van der Waals surface area contributed by atoms with Crippen LogP contribution in [0.15, 0.2) is 48.6 Å². The van der Waals surface area contributed by atoms with E-state index in [0.29, 0.717) is 12.8 Å². The SMILES string of the molecule is CCCCC/C=C\C/C=C\CCCCCCCC(=O)OC(CO)COP(=O)(O)OCC(CO)OC(=O)CCCCCCC/C=C\C/C=C\CCCCC. The Morgan fingerprint density at radius 3 is 1.17 bits per heavy atom. The van der Waals surface area contributed by atoms with Crippen molar-refractivity contribution in [2.45, 2.75) is 180 Å². The van der Waals surface area contributed by atoms with Crippen LogP contribution in [-0.4, -0.2) is 65.7 Å². The molecule has 53 heavy (non-hydrogen) atoms. The van der Waals surface area contributed by atoms with E-state index in [0.717, 1.165) is 89.9 Å². The molecule has 2 unspecified atom stereocenters. The van der Waals surface area contributed by atoms with Gasteiger partial charge in [0.2, 0.25) is 0 Å². The number of esters is 2. The lowest BCUT2D eigenvalue weighted by molar-refractivity contribution is -0.153. The zero-order valence-corrected chi connectivity index (χ0v) is 34.1. The van der Waals surface area contributed by atoms with Crippen LogP contribution in [0.3, 0.4) is 0 Å². The summed E-state index contributed by atoms with van der Waals surface area (Å²) in [5, 5.41) is 19.1. The molecular weight excluding hydrogens is 695 g/mol. The number of allylic oxidation sites excluding steroid dienone is 8. The minimum atomic E-state index is -4.64. The lowest BCUT2D eigenvalue weighted by atomic mass is 10.1. The van der Waals surface area contributed by atoms with Crippen molar-refractivity contribution in [1.29, 1.82) is 0 Å². The van der Waals surface area contributed by atoms with Crippen molar-refractivity contribution >= 4 is 19.8 Å². The molecule has 0 amide bonds. The van der Waals surface area contributed by atoms with Gasteiger partial charge in [-0.1, -0.05) is 127 Å². The largest absolute Gasteiger partial charge is 0.472 e. The average molecular weight is 771 g/mol. The minimum absolute atomic E-state index is 0.174. The molecule has 0 bridgehead atoms. The van der Waals surface area contributed by atoms with Gasteiger partial charge in [-0.3, -0.25) is 18.6 Å². The molecule has 0 fully saturated rings. The Hall–Kier alpha value is -2.07. The number of aliphatic hydroxyl groups excluding tert-OH is 2. The predicted octanol–water partition coefficient (Wildman–Crippen LogP) is 10.6. The fourth-order valence-electron chi connectivity index (χ4n) is 5.29. The van der Waals surface area contributed by atoms with Gasteiger partial charge < -0.3 is 24.6 Å². The van der Waals surface area contributed by atoms with Gasteiger partial charge in [-0.15, -0.1) is 0 Å². The Labute approximate surface area is 322 Å². The van der Waals surface area contributed by atoms with Crippen molar-refractivity contribution in [3.05, 3.63) is 48.6 Å². The molecule has 2 atom stereocenters. The fourth-order valence-corrected chi connectivity index (χ4v) is 6.07. The molecule has 0 aliphatic heterocycles. The molecular formula is C42H75O10P. The number of phosphoric ester groups is 1. The number of rotatable bonds is 38.